The lowest BCUT2D eigenvalue weighted by Crippen LogP contribution is -2.25. The van der Waals surface area contributed by atoms with Crippen LogP contribution < -0.4 is 10.9 Å². The van der Waals surface area contributed by atoms with Gasteiger partial charge in [0.05, 0.1) is 24.4 Å². The van der Waals surface area contributed by atoms with Crippen LogP contribution in [-0.2, 0) is 6.54 Å². The molecule has 0 atom stereocenters. The van der Waals surface area contributed by atoms with Gasteiger partial charge in [0.25, 0.3) is 11.5 Å². The molecule has 0 aliphatic heterocycles. The van der Waals surface area contributed by atoms with E-state index >= 15 is 0 Å². The summed E-state index contributed by atoms with van der Waals surface area (Å²) in [6.45, 7) is 2.35. The van der Waals surface area contributed by atoms with Gasteiger partial charge in [0.15, 0.2) is 0 Å². The standard InChI is InChI=1S/C14H15N3O3/c1-2-17-8-15-7-11(14(17)19)16-13(18)10-5-6-20-12(10)9-3-4-9/h5-9H,2-4H2,1H3,(H,16,18). The van der Waals surface area contributed by atoms with Gasteiger partial charge in [-0.15, -0.1) is 0 Å². The minimum Gasteiger partial charge on any atom is -0.468 e. The van der Waals surface area contributed by atoms with Crippen LogP contribution in [0.2, 0.25) is 0 Å². The maximum Gasteiger partial charge on any atom is 0.277 e. The Labute approximate surface area is 115 Å². The molecule has 0 saturated heterocycles. The Morgan fingerprint density at radius 2 is 2.35 bits per heavy atom. The molecular weight excluding hydrogens is 258 g/mol. The summed E-state index contributed by atoms with van der Waals surface area (Å²) < 4.78 is 6.80. The number of rotatable bonds is 4. The van der Waals surface area contributed by atoms with Crippen LogP contribution in [-0.4, -0.2) is 15.5 Å². The minimum atomic E-state index is -0.326. The fraction of sp³-hybridized carbons (Fsp3) is 0.357. The number of aryl methyl sites for hydroxylation is 1. The van der Waals surface area contributed by atoms with Crippen molar-refractivity contribution in [1.82, 2.24) is 9.55 Å². The van der Waals surface area contributed by atoms with Crippen LogP contribution in [0.5, 0.6) is 0 Å². The second-order valence-corrected chi connectivity index (χ2v) is 4.83. The number of carbonyl (C=O) groups is 1. The van der Waals surface area contributed by atoms with Crippen molar-refractivity contribution >= 4 is 11.6 Å². The number of anilines is 1. The fourth-order valence-electron chi connectivity index (χ4n) is 2.12. The number of carbonyl (C=O) groups excluding carboxylic acids is 1. The van der Waals surface area contributed by atoms with E-state index in [4.69, 9.17) is 4.42 Å². The zero-order valence-corrected chi connectivity index (χ0v) is 11.1. The molecule has 0 bridgehead atoms. The highest BCUT2D eigenvalue weighted by Crippen LogP contribution is 2.42. The van der Waals surface area contributed by atoms with Gasteiger partial charge in [-0.1, -0.05) is 0 Å². The highest BCUT2D eigenvalue weighted by molar-refractivity contribution is 6.04. The molecule has 2 aromatic heterocycles. The minimum absolute atomic E-state index is 0.183. The summed E-state index contributed by atoms with van der Waals surface area (Å²) in [7, 11) is 0. The van der Waals surface area contributed by atoms with Gasteiger partial charge < -0.3 is 9.73 Å². The number of hydrogen-bond donors (Lipinski definition) is 1. The molecule has 1 fully saturated rings. The number of furan rings is 1. The van der Waals surface area contributed by atoms with Gasteiger partial charge >= 0.3 is 0 Å². The average molecular weight is 273 g/mol. The molecule has 6 nitrogen and oxygen atoms in total. The number of hydrogen-bond acceptors (Lipinski definition) is 4. The van der Waals surface area contributed by atoms with Gasteiger partial charge in [0.2, 0.25) is 0 Å². The number of amides is 1. The molecule has 2 heterocycles. The summed E-state index contributed by atoms with van der Waals surface area (Å²) in [5.74, 6) is 0.725. The van der Waals surface area contributed by atoms with Gasteiger partial charge in [-0.2, -0.15) is 0 Å². The topological polar surface area (TPSA) is 77.1 Å². The highest BCUT2D eigenvalue weighted by atomic mass is 16.3. The third kappa shape index (κ3) is 2.24. The Balaban J connectivity index is 1.86. The van der Waals surface area contributed by atoms with E-state index in [0.29, 0.717) is 23.8 Å². The van der Waals surface area contributed by atoms with Gasteiger partial charge in [-0.05, 0) is 25.8 Å². The van der Waals surface area contributed by atoms with Crippen molar-refractivity contribution in [3.05, 3.63) is 46.5 Å². The molecule has 0 radical (unpaired) electrons. The molecule has 104 valence electrons. The SMILES string of the molecule is CCn1cncc(NC(=O)c2ccoc2C2CC2)c1=O. The maximum atomic E-state index is 12.2. The molecule has 0 spiro atoms. The van der Waals surface area contributed by atoms with Crippen molar-refractivity contribution in [2.75, 3.05) is 5.32 Å². The van der Waals surface area contributed by atoms with Crippen LogP contribution in [0.15, 0.2) is 34.1 Å². The van der Waals surface area contributed by atoms with Crippen molar-refractivity contribution in [2.24, 2.45) is 0 Å². The lowest BCUT2D eigenvalue weighted by Gasteiger charge is -2.06. The van der Waals surface area contributed by atoms with Crippen LogP contribution in [0.3, 0.4) is 0 Å². The third-order valence-corrected chi connectivity index (χ3v) is 3.38. The van der Waals surface area contributed by atoms with Gasteiger partial charge in [0, 0.05) is 12.5 Å². The Kier molecular flexibility index (Phi) is 3.14. The Morgan fingerprint density at radius 3 is 3.05 bits per heavy atom. The first-order chi connectivity index (χ1) is 9.70. The monoisotopic (exact) mass is 273 g/mol. The van der Waals surface area contributed by atoms with E-state index in [9.17, 15) is 9.59 Å². The lowest BCUT2D eigenvalue weighted by molar-refractivity contribution is 0.102. The van der Waals surface area contributed by atoms with Gasteiger partial charge in [-0.3, -0.25) is 14.2 Å². The predicted octanol–water partition coefficient (Wildman–Crippen LogP) is 1.99. The summed E-state index contributed by atoms with van der Waals surface area (Å²) >= 11 is 0. The molecular formula is C14H15N3O3. The van der Waals surface area contributed by atoms with E-state index < -0.39 is 0 Å². The molecule has 2 aromatic rings. The van der Waals surface area contributed by atoms with Crippen LogP contribution in [0.1, 0.15) is 41.8 Å². The number of nitrogens with zero attached hydrogens (tertiary/aromatic N) is 2. The van der Waals surface area contributed by atoms with Gasteiger partial charge in [-0.25, -0.2) is 4.98 Å². The maximum absolute atomic E-state index is 12.2. The van der Waals surface area contributed by atoms with Gasteiger partial charge in [0.1, 0.15) is 11.4 Å². The van der Waals surface area contributed by atoms with E-state index in [2.05, 4.69) is 10.3 Å². The van der Waals surface area contributed by atoms with E-state index in [1.165, 1.54) is 23.4 Å². The largest absolute Gasteiger partial charge is 0.468 e. The zero-order valence-electron chi connectivity index (χ0n) is 11.1. The second-order valence-electron chi connectivity index (χ2n) is 4.83. The summed E-state index contributed by atoms with van der Waals surface area (Å²) in [4.78, 5) is 28.2. The first kappa shape index (κ1) is 12.7. The molecule has 0 unspecified atom stereocenters. The summed E-state index contributed by atoms with van der Waals surface area (Å²) in [6.07, 6.45) is 6.41. The Hall–Kier alpha value is -2.37. The number of aromatic nitrogens is 2. The van der Waals surface area contributed by atoms with E-state index in [1.807, 2.05) is 6.92 Å². The van der Waals surface area contributed by atoms with Crippen molar-refractivity contribution in [3.8, 4) is 0 Å². The average Bonchev–Trinajstić information content (AvgIpc) is 3.18. The Bertz CT molecular complexity index is 698. The first-order valence-corrected chi connectivity index (χ1v) is 6.64. The fourth-order valence-corrected chi connectivity index (χ4v) is 2.12. The van der Waals surface area contributed by atoms with Crippen LogP contribution >= 0.6 is 0 Å². The molecule has 1 aliphatic carbocycles. The summed E-state index contributed by atoms with van der Waals surface area (Å²) in [5.41, 5.74) is 0.424. The number of nitrogens with one attached hydrogen (secondary N) is 1. The summed E-state index contributed by atoms with van der Waals surface area (Å²) in [6, 6.07) is 1.64. The van der Waals surface area contributed by atoms with Crippen molar-refractivity contribution in [1.29, 1.82) is 0 Å². The highest BCUT2D eigenvalue weighted by Gasteiger charge is 2.31. The second kappa shape index (κ2) is 4.96. The van der Waals surface area contributed by atoms with E-state index in [-0.39, 0.29) is 17.2 Å². The normalized spacial score (nSPS) is 14.2. The molecule has 20 heavy (non-hydrogen) atoms. The van der Waals surface area contributed by atoms with Crippen molar-refractivity contribution < 1.29 is 9.21 Å². The third-order valence-electron chi connectivity index (χ3n) is 3.38. The predicted molar refractivity (Wildman–Crippen MR) is 72.8 cm³/mol. The zero-order chi connectivity index (χ0) is 14.1. The molecule has 1 saturated carbocycles. The quantitative estimate of drug-likeness (QED) is 0.924. The molecule has 1 N–H and O–H groups in total. The van der Waals surface area contributed by atoms with Crippen LogP contribution in [0.25, 0.3) is 0 Å². The van der Waals surface area contributed by atoms with Crippen LogP contribution in [0.4, 0.5) is 5.69 Å². The molecule has 0 aromatic carbocycles. The lowest BCUT2D eigenvalue weighted by atomic mass is 10.2. The Morgan fingerprint density at radius 1 is 1.55 bits per heavy atom. The van der Waals surface area contributed by atoms with E-state index in [1.54, 1.807) is 6.07 Å². The first-order valence-electron chi connectivity index (χ1n) is 6.64. The smallest absolute Gasteiger partial charge is 0.277 e. The molecule has 1 aliphatic rings. The van der Waals surface area contributed by atoms with Crippen molar-refractivity contribution in [3.63, 3.8) is 0 Å². The van der Waals surface area contributed by atoms with Crippen molar-refractivity contribution in [2.45, 2.75) is 32.2 Å². The molecule has 6 heteroatoms. The summed E-state index contributed by atoms with van der Waals surface area (Å²) in [5, 5.41) is 2.62. The van der Waals surface area contributed by atoms with E-state index in [0.717, 1.165) is 12.8 Å². The molecule has 1 amide bonds. The van der Waals surface area contributed by atoms with Crippen LogP contribution in [0, 0.1) is 0 Å². The molecule has 3 rings (SSSR count).